The van der Waals surface area contributed by atoms with Gasteiger partial charge in [-0.15, -0.1) is 0 Å². The zero-order valence-corrected chi connectivity index (χ0v) is 10.5. The summed E-state index contributed by atoms with van der Waals surface area (Å²) in [5.41, 5.74) is 1.31. The van der Waals surface area contributed by atoms with E-state index in [1.807, 2.05) is 0 Å². The van der Waals surface area contributed by atoms with Crippen LogP contribution < -0.4 is 0 Å². The smallest absolute Gasteiger partial charge is 0.136 e. The molecule has 1 aromatic rings. The SMILES string of the molecule is CCC1CC(c2ccc(Br)cc2)CC1=O. The van der Waals surface area contributed by atoms with Crippen LogP contribution in [-0.4, -0.2) is 5.78 Å². The van der Waals surface area contributed by atoms with Gasteiger partial charge in [-0.25, -0.2) is 0 Å². The van der Waals surface area contributed by atoms with Crippen molar-refractivity contribution in [3.05, 3.63) is 34.3 Å². The quantitative estimate of drug-likeness (QED) is 0.793. The molecule has 0 spiro atoms. The van der Waals surface area contributed by atoms with Gasteiger partial charge in [0.05, 0.1) is 0 Å². The van der Waals surface area contributed by atoms with Gasteiger partial charge in [-0.3, -0.25) is 4.79 Å². The lowest BCUT2D eigenvalue weighted by atomic mass is 9.96. The van der Waals surface area contributed by atoms with Gasteiger partial charge >= 0.3 is 0 Å². The lowest BCUT2D eigenvalue weighted by Gasteiger charge is -2.09. The Labute approximate surface area is 99.0 Å². The van der Waals surface area contributed by atoms with Crippen molar-refractivity contribution in [2.24, 2.45) is 5.92 Å². The van der Waals surface area contributed by atoms with E-state index in [1.54, 1.807) is 0 Å². The lowest BCUT2D eigenvalue weighted by Crippen LogP contribution is -2.03. The molecule has 0 bridgehead atoms. The van der Waals surface area contributed by atoms with Gasteiger partial charge in [0.15, 0.2) is 0 Å². The average molecular weight is 267 g/mol. The van der Waals surface area contributed by atoms with Crippen LogP contribution in [-0.2, 0) is 4.79 Å². The predicted octanol–water partition coefficient (Wildman–Crippen LogP) is 3.92. The van der Waals surface area contributed by atoms with Gasteiger partial charge in [-0.05, 0) is 36.5 Å². The van der Waals surface area contributed by atoms with E-state index in [4.69, 9.17) is 0 Å². The number of halogens is 1. The minimum atomic E-state index is 0.304. The molecule has 1 aromatic carbocycles. The van der Waals surface area contributed by atoms with Gasteiger partial charge in [0, 0.05) is 16.8 Å². The molecule has 0 saturated heterocycles. The maximum Gasteiger partial charge on any atom is 0.136 e. The minimum absolute atomic E-state index is 0.304. The second kappa shape index (κ2) is 4.48. The highest BCUT2D eigenvalue weighted by molar-refractivity contribution is 9.10. The van der Waals surface area contributed by atoms with Gasteiger partial charge in [-0.1, -0.05) is 35.0 Å². The highest BCUT2D eigenvalue weighted by Gasteiger charge is 2.31. The summed E-state index contributed by atoms with van der Waals surface area (Å²) in [7, 11) is 0. The molecule has 0 radical (unpaired) electrons. The molecule has 1 nitrogen and oxygen atoms in total. The first-order valence-corrected chi connectivity index (χ1v) is 6.28. The molecule has 0 amide bonds. The van der Waals surface area contributed by atoms with Crippen molar-refractivity contribution in [2.75, 3.05) is 0 Å². The lowest BCUT2D eigenvalue weighted by molar-refractivity contribution is -0.120. The summed E-state index contributed by atoms with van der Waals surface area (Å²) in [5, 5.41) is 0. The third-order valence-electron chi connectivity index (χ3n) is 3.31. The van der Waals surface area contributed by atoms with Crippen molar-refractivity contribution < 1.29 is 4.79 Å². The molecule has 0 heterocycles. The average Bonchev–Trinajstić information content (AvgIpc) is 2.61. The largest absolute Gasteiger partial charge is 0.299 e. The second-order valence-corrected chi connectivity index (χ2v) is 5.18. The number of Topliss-reactive ketones (excluding diaryl/α,β-unsaturated/α-hetero) is 1. The fourth-order valence-corrected chi connectivity index (χ4v) is 2.62. The molecule has 1 aliphatic carbocycles. The van der Waals surface area contributed by atoms with Gasteiger partial charge < -0.3 is 0 Å². The van der Waals surface area contributed by atoms with Crippen LogP contribution in [0.15, 0.2) is 28.7 Å². The second-order valence-electron chi connectivity index (χ2n) is 4.26. The van der Waals surface area contributed by atoms with Gasteiger partial charge in [-0.2, -0.15) is 0 Å². The van der Waals surface area contributed by atoms with E-state index in [0.29, 0.717) is 17.6 Å². The summed E-state index contributed by atoms with van der Waals surface area (Å²) in [5.74, 6) is 1.21. The van der Waals surface area contributed by atoms with E-state index in [9.17, 15) is 4.79 Å². The molecule has 1 aliphatic rings. The summed E-state index contributed by atoms with van der Waals surface area (Å²) in [4.78, 5) is 11.6. The Hall–Kier alpha value is -0.630. The van der Waals surface area contributed by atoms with Gasteiger partial charge in [0.2, 0.25) is 0 Å². The van der Waals surface area contributed by atoms with Crippen molar-refractivity contribution in [3.63, 3.8) is 0 Å². The van der Waals surface area contributed by atoms with Crippen LogP contribution in [0.4, 0.5) is 0 Å². The van der Waals surface area contributed by atoms with Crippen molar-refractivity contribution in [1.82, 2.24) is 0 Å². The summed E-state index contributed by atoms with van der Waals surface area (Å²) in [6, 6.07) is 8.36. The van der Waals surface area contributed by atoms with Crippen molar-refractivity contribution in [2.45, 2.75) is 32.1 Å². The molecule has 1 fully saturated rings. The Kier molecular flexibility index (Phi) is 3.25. The summed E-state index contributed by atoms with van der Waals surface area (Å²) < 4.78 is 1.10. The monoisotopic (exact) mass is 266 g/mol. The minimum Gasteiger partial charge on any atom is -0.299 e. The molecule has 2 atom stereocenters. The van der Waals surface area contributed by atoms with Crippen LogP contribution in [0, 0.1) is 5.92 Å². The summed E-state index contributed by atoms with van der Waals surface area (Å²) in [6.07, 6.45) is 2.77. The number of carbonyl (C=O) groups is 1. The number of hydrogen-bond acceptors (Lipinski definition) is 1. The Morgan fingerprint density at radius 3 is 2.53 bits per heavy atom. The Morgan fingerprint density at radius 1 is 1.33 bits per heavy atom. The van der Waals surface area contributed by atoms with E-state index in [0.717, 1.165) is 23.7 Å². The zero-order valence-electron chi connectivity index (χ0n) is 8.87. The molecule has 0 N–H and O–H groups in total. The predicted molar refractivity (Wildman–Crippen MR) is 64.9 cm³/mol. The first kappa shape index (κ1) is 10.9. The van der Waals surface area contributed by atoms with E-state index in [-0.39, 0.29) is 0 Å². The maximum absolute atomic E-state index is 11.6. The molecular weight excluding hydrogens is 252 g/mol. The molecule has 2 unspecified atom stereocenters. The van der Waals surface area contributed by atoms with E-state index in [1.165, 1.54) is 5.56 Å². The number of rotatable bonds is 2. The highest BCUT2D eigenvalue weighted by Crippen LogP contribution is 2.37. The van der Waals surface area contributed by atoms with Crippen molar-refractivity contribution in [1.29, 1.82) is 0 Å². The maximum atomic E-state index is 11.6. The van der Waals surface area contributed by atoms with Crippen molar-refractivity contribution >= 4 is 21.7 Å². The zero-order chi connectivity index (χ0) is 10.8. The molecule has 2 rings (SSSR count). The Morgan fingerprint density at radius 2 is 2.00 bits per heavy atom. The number of benzene rings is 1. The fourth-order valence-electron chi connectivity index (χ4n) is 2.35. The first-order valence-electron chi connectivity index (χ1n) is 5.49. The van der Waals surface area contributed by atoms with Crippen LogP contribution >= 0.6 is 15.9 Å². The third kappa shape index (κ3) is 2.31. The van der Waals surface area contributed by atoms with E-state index < -0.39 is 0 Å². The van der Waals surface area contributed by atoms with Crippen LogP contribution in [0.1, 0.15) is 37.7 Å². The normalized spacial score (nSPS) is 25.9. The molecule has 0 aromatic heterocycles. The molecule has 15 heavy (non-hydrogen) atoms. The molecule has 0 aliphatic heterocycles. The summed E-state index contributed by atoms with van der Waals surface area (Å²) in [6.45, 7) is 2.10. The molecular formula is C13H15BrO. The molecule has 80 valence electrons. The van der Waals surface area contributed by atoms with Crippen molar-refractivity contribution in [3.8, 4) is 0 Å². The van der Waals surface area contributed by atoms with Crippen LogP contribution in [0.5, 0.6) is 0 Å². The Balaban J connectivity index is 2.13. The standard InChI is InChI=1S/C13H15BrO/c1-2-9-7-11(8-13(9)15)10-3-5-12(14)6-4-10/h3-6,9,11H,2,7-8H2,1H3. The first-order chi connectivity index (χ1) is 7.20. The van der Waals surface area contributed by atoms with Crippen LogP contribution in [0.3, 0.4) is 0 Å². The molecule has 2 heteroatoms. The van der Waals surface area contributed by atoms with Crippen LogP contribution in [0.2, 0.25) is 0 Å². The third-order valence-corrected chi connectivity index (χ3v) is 3.83. The number of hydrogen-bond donors (Lipinski definition) is 0. The highest BCUT2D eigenvalue weighted by atomic mass is 79.9. The van der Waals surface area contributed by atoms with E-state index in [2.05, 4.69) is 47.1 Å². The van der Waals surface area contributed by atoms with E-state index >= 15 is 0 Å². The Bertz CT molecular complexity index is 355. The van der Waals surface area contributed by atoms with Gasteiger partial charge in [0.25, 0.3) is 0 Å². The van der Waals surface area contributed by atoms with Crippen LogP contribution in [0.25, 0.3) is 0 Å². The fraction of sp³-hybridized carbons (Fsp3) is 0.462. The summed E-state index contributed by atoms with van der Waals surface area (Å²) >= 11 is 3.42. The number of ketones is 1. The van der Waals surface area contributed by atoms with Gasteiger partial charge in [0.1, 0.15) is 5.78 Å². The topological polar surface area (TPSA) is 17.1 Å². The molecule has 1 saturated carbocycles. The number of carbonyl (C=O) groups excluding carboxylic acids is 1.